The van der Waals surface area contributed by atoms with Gasteiger partial charge in [0, 0.05) is 37.3 Å². The number of hydrogen-bond donors (Lipinski definition) is 1. The molecule has 0 bridgehead atoms. The first-order valence-electron chi connectivity index (χ1n) is 6.66. The highest BCUT2D eigenvalue weighted by molar-refractivity contribution is 7.89. The summed E-state index contributed by atoms with van der Waals surface area (Å²) in [5.41, 5.74) is 0.543. The SMILES string of the molecule is CC1CN(S(=O)(=O)c2cccc3cccnc23)CCN1. The summed E-state index contributed by atoms with van der Waals surface area (Å²) in [5, 5.41) is 4.10. The van der Waals surface area contributed by atoms with Crippen LogP contribution in [0.4, 0.5) is 0 Å². The summed E-state index contributed by atoms with van der Waals surface area (Å²) in [5.74, 6) is 0. The Hall–Kier alpha value is -1.50. The lowest BCUT2D eigenvalue weighted by molar-refractivity contribution is 0.310. The number of hydrogen-bond acceptors (Lipinski definition) is 4. The molecule has 1 aliphatic rings. The largest absolute Gasteiger partial charge is 0.312 e. The van der Waals surface area contributed by atoms with E-state index < -0.39 is 10.0 Å². The maximum absolute atomic E-state index is 12.8. The van der Waals surface area contributed by atoms with Crippen molar-refractivity contribution in [3.8, 4) is 0 Å². The van der Waals surface area contributed by atoms with Crippen LogP contribution in [0, 0.1) is 0 Å². The minimum atomic E-state index is -3.49. The average molecular weight is 291 g/mol. The van der Waals surface area contributed by atoms with Gasteiger partial charge in [-0.1, -0.05) is 18.2 Å². The number of piperazine rings is 1. The Morgan fingerprint density at radius 1 is 1.30 bits per heavy atom. The number of nitrogens with zero attached hydrogens (tertiary/aromatic N) is 2. The molecule has 106 valence electrons. The number of rotatable bonds is 2. The van der Waals surface area contributed by atoms with Gasteiger partial charge in [0.15, 0.2) is 0 Å². The highest BCUT2D eigenvalue weighted by Gasteiger charge is 2.29. The summed E-state index contributed by atoms with van der Waals surface area (Å²) in [7, 11) is -3.49. The van der Waals surface area contributed by atoms with Gasteiger partial charge in [0.25, 0.3) is 0 Å². The molecule has 1 unspecified atom stereocenters. The predicted octanol–water partition coefficient (Wildman–Crippen LogP) is 1.22. The van der Waals surface area contributed by atoms with Crippen LogP contribution in [0.2, 0.25) is 0 Å². The smallest absolute Gasteiger partial charge is 0.245 e. The summed E-state index contributed by atoms with van der Waals surface area (Å²) in [6.45, 7) is 3.66. The molecule has 1 aromatic heterocycles. The number of para-hydroxylation sites is 1. The van der Waals surface area contributed by atoms with Crippen LogP contribution in [0.1, 0.15) is 6.92 Å². The molecule has 1 fully saturated rings. The molecule has 2 heterocycles. The zero-order chi connectivity index (χ0) is 14.2. The molecular formula is C14H17N3O2S. The molecular weight excluding hydrogens is 274 g/mol. The quantitative estimate of drug-likeness (QED) is 0.903. The fraction of sp³-hybridized carbons (Fsp3) is 0.357. The van der Waals surface area contributed by atoms with Crippen LogP contribution < -0.4 is 5.32 Å². The van der Waals surface area contributed by atoms with Crippen molar-refractivity contribution in [3.63, 3.8) is 0 Å². The van der Waals surface area contributed by atoms with E-state index in [-0.39, 0.29) is 6.04 Å². The van der Waals surface area contributed by atoms with Gasteiger partial charge in [-0.05, 0) is 19.1 Å². The third-order valence-corrected chi connectivity index (χ3v) is 5.44. The van der Waals surface area contributed by atoms with E-state index in [9.17, 15) is 8.42 Å². The highest BCUT2D eigenvalue weighted by atomic mass is 32.2. The lowest BCUT2D eigenvalue weighted by Crippen LogP contribution is -2.51. The molecule has 0 aliphatic carbocycles. The van der Waals surface area contributed by atoms with Crippen molar-refractivity contribution in [2.45, 2.75) is 17.9 Å². The van der Waals surface area contributed by atoms with Gasteiger partial charge in [-0.15, -0.1) is 0 Å². The van der Waals surface area contributed by atoms with Crippen LogP contribution in [0.5, 0.6) is 0 Å². The van der Waals surface area contributed by atoms with E-state index in [1.165, 1.54) is 4.31 Å². The Morgan fingerprint density at radius 3 is 2.90 bits per heavy atom. The summed E-state index contributed by atoms with van der Waals surface area (Å²) >= 11 is 0. The van der Waals surface area contributed by atoms with Gasteiger partial charge < -0.3 is 5.32 Å². The number of sulfonamides is 1. The summed E-state index contributed by atoms with van der Waals surface area (Å²) in [6, 6.07) is 9.14. The third kappa shape index (κ3) is 2.30. The first kappa shape index (κ1) is 13.5. The van der Waals surface area contributed by atoms with Crippen molar-refractivity contribution in [2.24, 2.45) is 0 Å². The van der Waals surface area contributed by atoms with Crippen LogP contribution in [0.25, 0.3) is 10.9 Å². The minimum absolute atomic E-state index is 0.168. The number of fused-ring (bicyclic) bond motifs is 1. The van der Waals surface area contributed by atoms with Crippen molar-refractivity contribution in [3.05, 3.63) is 36.5 Å². The zero-order valence-electron chi connectivity index (χ0n) is 11.3. The standard InChI is InChI=1S/C14H17N3O2S/c1-11-10-17(9-8-15-11)20(18,19)13-6-2-4-12-5-3-7-16-14(12)13/h2-7,11,15H,8-10H2,1H3. The Labute approximate surface area is 118 Å². The van der Waals surface area contributed by atoms with Gasteiger partial charge >= 0.3 is 0 Å². The normalized spacial score (nSPS) is 21.1. The van der Waals surface area contributed by atoms with Crippen molar-refractivity contribution in [1.29, 1.82) is 0 Å². The van der Waals surface area contributed by atoms with Gasteiger partial charge in [0.05, 0.1) is 5.52 Å². The molecule has 1 N–H and O–H groups in total. The molecule has 6 heteroatoms. The molecule has 2 aromatic rings. The van der Waals surface area contributed by atoms with E-state index in [0.29, 0.717) is 30.0 Å². The molecule has 0 radical (unpaired) electrons. The van der Waals surface area contributed by atoms with Gasteiger partial charge in [0.1, 0.15) is 4.90 Å². The number of nitrogens with one attached hydrogen (secondary N) is 1. The highest BCUT2D eigenvalue weighted by Crippen LogP contribution is 2.24. The first-order chi connectivity index (χ1) is 9.59. The van der Waals surface area contributed by atoms with Crippen LogP contribution in [0.3, 0.4) is 0 Å². The van der Waals surface area contributed by atoms with Crippen LogP contribution >= 0.6 is 0 Å². The van der Waals surface area contributed by atoms with Crippen LogP contribution in [0.15, 0.2) is 41.4 Å². The third-order valence-electron chi connectivity index (χ3n) is 3.55. The molecule has 1 aromatic carbocycles. The molecule has 3 rings (SSSR count). The maximum atomic E-state index is 12.8. The Balaban J connectivity index is 2.09. The molecule has 1 saturated heterocycles. The second kappa shape index (κ2) is 5.12. The summed E-state index contributed by atoms with van der Waals surface area (Å²) in [6.07, 6.45) is 1.63. The lowest BCUT2D eigenvalue weighted by atomic mass is 10.2. The summed E-state index contributed by atoms with van der Waals surface area (Å²) < 4.78 is 27.1. The second-order valence-corrected chi connectivity index (χ2v) is 6.96. The predicted molar refractivity (Wildman–Crippen MR) is 78.0 cm³/mol. The van der Waals surface area contributed by atoms with Gasteiger partial charge in [-0.2, -0.15) is 4.31 Å². The number of aromatic nitrogens is 1. The van der Waals surface area contributed by atoms with E-state index in [0.717, 1.165) is 5.39 Å². The van der Waals surface area contributed by atoms with Crippen LogP contribution in [-0.2, 0) is 10.0 Å². The fourth-order valence-corrected chi connectivity index (χ4v) is 4.23. The van der Waals surface area contributed by atoms with E-state index in [1.807, 2.05) is 25.1 Å². The monoisotopic (exact) mass is 291 g/mol. The average Bonchev–Trinajstić information content (AvgIpc) is 2.46. The minimum Gasteiger partial charge on any atom is -0.312 e. The Bertz CT molecular complexity index is 725. The van der Waals surface area contributed by atoms with Crippen molar-refractivity contribution >= 4 is 20.9 Å². The van der Waals surface area contributed by atoms with E-state index in [4.69, 9.17) is 0 Å². The number of pyridine rings is 1. The first-order valence-corrected chi connectivity index (χ1v) is 8.10. The topological polar surface area (TPSA) is 62.3 Å². The molecule has 0 saturated carbocycles. The molecule has 1 aliphatic heterocycles. The molecule has 0 spiro atoms. The molecule has 20 heavy (non-hydrogen) atoms. The van der Waals surface area contributed by atoms with E-state index in [2.05, 4.69) is 10.3 Å². The van der Waals surface area contributed by atoms with Crippen molar-refractivity contribution < 1.29 is 8.42 Å². The zero-order valence-corrected chi connectivity index (χ0v) is 12.1. The van der Waals surface area contributed by atoms with Crippen LogP contribution in [-0.4, -0.2) is 43.4 Å². The van der Waals surface area contributed by atoms with Gasteiger partial charge in [0.2, 0.25) is 10.0 Å². The Morgan fingerprint density at radius 2 is 2.10 bits per heavy atom. The Kier molecular flexibility index (Phi) is 3.45. The van der Waals surface area contributed by atoms with E-state index in [1.54, 1.807) is 18.3 Å². The van der Waals surface area contributed by atoms with Gasteiger partial charge in [-0.3, -0.25) is 4.98 Å². The van der Waals surface area contributed by atoms with E-state index >= 15 is 0 Å². The number of benzene rings is 1. The maximum Gasteiger partial charge on any atom is 0.245 e. The van der Waals surface area contributed by atoms with Crippen molar-refractivity contribution in [1.82, 2.24) is 14.6 Å². The lowest BCUT2D eigenvalue weighted by Gasteiger charge is -2.31. The van der Waals surface area contributed by atoms with Gasteiger partial charge in [-0.25, -0.2) is 8.42 Å². The molecule has 1 atom stereocenters. The molecule has 5 nitrogen and oxygen atoms in total. The summed E-state index contributed by atoms with van der Waals surface area (Å²) in [4.78, 5) is 4.54. The van der Waals surface area contributed by atoms with Crippen molar-refractivity contribution in [2.75, 3.05) is 19.6 Å². The molecule has 0 amide bonds. The second-order valence-electron chi connectivity index (χ2n) is 5.05. The fourth-order valence-electron chi connectivity index (χ4n) is 2.54.